The van der Waals surface area contributed by atoms with Gasteiger partial charge in [-0.2, -0.15) is 13.5 Å². The van der Waals surface area contributed by atoms with Gasteiger partial charge in [-0.1, -0.05) is 29.8 Å². The number of halogens is 1. The summed E-state index contributed by atoms with van der Waals surface area (Å²) in [6, 6.07) is 13.0. The van der Waals surface area contributed by atoms with Crippen LogP contribution in [0.5, 0.6) is 5.75 Å². The average Bonchev–Trinajstić information content (AvgIpc) is 2.48. The molecule has 0 bridgehead atoms. The van der Waals surface area contributed by atoms with Gasteiger partial charge >= 0.3 is 0 Å². The van der Waals surface area contributed by atoms with Crippen LogP contribution in [0.4, 0.5) is 0 Å². The summed E-state index contributed by atoms with van der Waals surface area (Å²) in [7, 11) is -2.14. The Hall–Kier alpha value is -2.05. The highest BCUT2D eigenvalue weighted by Gasteiger charge is 2.11. The third-order valence-electron chi connectivity index (χ3n) is 2.62. The molecular formula is C14H13ClN2O3S. The SMILES string of the molecule is COc1ccc(/C=N/NS(=O)(=O)c2ccccc2)cc1Cl. The summed E-state index contributed by atoms with van der Waals surface area (Å²) >= 11 is 5.97. The molecule has 0 amide bonds. The molecule has 0 saturated heterocycles. The van der Waals surface area contributed by atoms with Crippen molar-refractivity contribution in [2.24, 2.45) is 5.10 Å². The van der Waals surface area contributed by atoms with Crippen molar-refractivity contribution in [2.45, 2.75) is 4.90 Å². The van der Waals surface area contributed by atoms with Crippen LogP contribution in [-0.4, -0.2) is 21.7 Å². The summed E-state index contributed by atoms with van der Waals surface area (Å²) in [6.07, 6.45) is 1.37. The van der Waals surface area contributed by atoms with Crippen molar-refractivity contribution in [2.75, 3.05) is 7.11 Å². The molecule has 0 aliphatic heterocycles. The molecule has 0 atom stereocenters. The lowest BCUT2D eigenvalue weighted by molar-refractivity contribution is 0.415. The number of methoxy groups -OCH3 is 1. The van der Waals surface area contributed by atoms with Crippen LogP contribution in [0, 0.1) is 0 Å². The van der Waals surface area contributed by atoms with Gasteiger partial charge in [-0.05, 0) is 35.9 Å². The Labute approximate surface area is 128 Å². The Morgan fingerprint density at radius 3 is 2.52 bits per heavy atom. The van der Waals surface area contributed by atoms with E-state index in [1.165, 1.54) is 25.5 Å². The molecule has 1 N–H and O–H groups in total. The van der Waals surface area contributed by atoms with Gasteiger partial charge in [0.05, 0.1) is 23.2 Å². The number of nitrogens with zero attached hydrogens (tertiary/aromatic N) is 1. The Kier molecular flexibility index (Phi) is 4.82. The van der Waals surface area contributed by atoms with E-state index in [0.717, 1.165) is 0 Å². The maximum Gasteiger partial charge on any atom is 0.276 e. The quantitative estimate of drug-likeness (QED) is 0.679. The van der Waals surface area contributed by atoms with Crippen LogP contribution in [0.15, 0.2) is 58.5 Å². The predicted octanol–water partition coefficient (Wildman–Crippen LogP) is 2.66. The van der Waals surface area contributed by atoms with E-state index in [2.05, 4.69) is 9.93 Å². The molecule has 110 valence electrons. The number of hydrogen-bond donors (Lipinski definition) is 1. The lowest BCUT2D eigenvalue weighted by Gasteiger charge is -2.04. The summed E-state index contributed by atoms with van der Waals surface area (Å²) in [6.45, 7) is 0. The van der Waals surface area contributed by atoms with Crippen LogP contribution in [0.2, 0.25) is 5.02 Å². The number of hydrazone groups is 1. The number of rotatable bonds is 5. The fourth-order valence-electron chi connectivity index (χ4n) is 1.59. The number of benzene rings is 2. The lowest BCUT2D eigenvalue weighted by Crippen LogP contribution is -2.18. The first-order valence-electron chi connectivity index (χ1n) is 5.96. The van der Waals surface area contributed by atoms with Crippen LogP contribution in [0.1, 0.15) is 5.56 Å². The first-order valence-corrected chi connectivity index (χ1v) is 7.82. The maximum absolute atomic E-state index is 11.9. The molecule has 2 rings (SSSR count). The molecule has 0 saturated carbocycles. The van der Waals surface area contributed by atoms with E-state index in [1.807, 2.05) is 0 Å². The van der Waals surface area contributed by atoms with E-state index in [-0.39, 0.29) is 4.90 Å². The average molecular weight is 325 g/mol. The summed E-state index contributed by atoms with van der Waals surface area (Å²) in [5.74, 6) is 0.540. The van der Waals surface area contributed by atoms with Gasteiger partial charge in [-0.3, -0.25) is 0 Å². The molecule has 0 fully saturated rings. The molecule has 5 nitrogen and oxygen atoms in total. The van der Waals surface area contributed by atoms with Crippen LogP contribution in [0.3, 0.4) is 0 Å². The van der Waals surface area contributed by atoms with E-state index in [4.69, 9.17) is 16.3 Å². The van der Waals surface area contributed by atoms with Gasteiger partial charge in [0.15, 0.2) is 0 Å². The number of hydrogen-bond acceptors (Lipinski definition) is 4. The second-order valence-electron chi connectivity index (χ2n) is 4.06. The Morgan fingerprint density at radius 2 is 1.90 bits per heavy atom. The van der Waals surface area contributed by atoms with Crippen molar-refractivity contribution >= 4 is 27.8 Å². The molecule has 7 heteroatoms. The maximum atomic E-state index is 11.9. The molecule has 0 aliphatic carbocycles. The van der Waals surface area contributed by atoms with Gasteiger partial charge in [-0.25, -0.2) is 4.83 Å². The highest BCUT2D eigenvalue weighted by molar-refractivity contribution is 7.89. The molecule has 21 heavy (non-hydrogen) atoms. The summed E-state index contributed by atoms with van der Waals surface area (Å²) in [5, 5.41) is 4.15. The highest BCUT2D eigenvalue weighted by Crippen LogP contribution is 2.24. The summed E-state index contributed by atoms with van der Waals surface area (Å²) in [5.41, 5.74) is 0.650. The fraction of sp³-hybridized carbons (Fsp3) is 0.0714. The standard InChI is InChI=1S/C14H13ClN2O3S/c1-20-14-8-7-11(9-13(14)15)10-16-17-21(18,19)12-5-3-2-4-6-12/h2-10,17H,1H3/b16-10+. The second-order valence-corrected chi connectivity index (χ2v) is 6.13. The zero-order valence-electron chi connectivity index (χ0n) is 11.2. The van der Waals surface area contributed by atoms with Crippen molar-refractivity contribution in [3.8, 4) is 5.75 Å². The smallest absolute Gasteiger partial charge is 0.276 e. The van der Waals surface area contributed by atoms with E-state index >= 15 is 0 Å². The molecule has 0 aromatic heterocycles. The normalized spacial score (nSPS) is 11.5. The third-order valence-corrected chi connectivity index (χ3v) is 4.15. The Morgan fingerprint density at radius 1 is 1.19 bits per heavy atom. The fourth-order valence-corrected chi connectivity index (χ4v) is 2.66. The Bertz CT molecular complexity index is 746. The van der Waals surface area contributed by atoms with Crippen molar-refractivity contribution in [1.82, 2.24) is 4.83 Å². The number of ether oxygens (including phenoxy) is 1. The first-order chi connectivity index (χ1) is 10.0. The minimum Gasteiger partial charge on any atom is -0.495 e. The lowest BCUT2D eigenvalue weighted by atomic mass is 10.2. The van der Waals surface area contributed by atoms with E-state index in [1.54, 1.807) is 36.4 Å². The van der Waals surface area contributed by atoms with Crippen LogP contribution >= 0.6 is 11.6 Å². The minimum absolute atomic E-state index is 0.148. The van der Waals surface area contributed by atoms with Crippen LogP contribution in [-0.2, 0) is 10.0 Å². The zero-order valence-corrected chi connectivity index (χ0v) is 12.7. The van der Waals surface area contributed by atoms with Crippen LogP contribution in [0.25, 0.3) is 0 Å². The largest absolute Gasteiger partial charge is 0.495 e. The topological polar surface area (TPSA) is 67.8 Å². The molecule has 0 radical (unpaired) electrons. The van der Waals surface area contributed by atoms with Crippen LogP contribution < -0.4 is 9.57 Å². The summed E-state index contributed by atoms with van der Waals surface area (Å²) in [4.78, 5) is 2.29. The molecule has 0 aliphatic rings. The van der Waals surface area contributed by atoms with Crippen molar-refractivity contribution in [3.05, 3.63) is 59.1 Å². The molecular weight excluding hydrogens is 312 g/mol. The van der Waals surface area contributed by atoms with Gasteiger partial charge < -0.3 is 4.74 Å². The van der Waals surface area contributed by atoms with Gasteiger partial charge in [-0.15, -0.1) is 0 Å². The second kappa shape index (κ2) is 6.60. The monoisotopic (exact) mass is 324 g/mol. The molecule has 0 unspecified atom stereocenters. The van der Waals surface area contributed by atoms with Gasteiger partial charge in [0.2, 0.25) is 0 Å². The first kappa shape index (κ1) is 15.3. The van der Waals surface area contributed by atoms with E-state index in [0.29, 0.717) is 16.3 Å². The highest BCUT2D eigenvalue weighted by atomic mass is 35.5. The van der Waals surface area contributed by atoms with Crippen molar-refractivity contribution in [3.63, 3.8) is 0 Å². The Balaban J connectivity index is 2.11. The molecule has 0 heterocycles. The summed E-state index contributed by atoms with van der Waals surface area (Å²) < 4.78 is 28.9. The zero-order chi connectivity index (χ0) is 15.3. The predicted molar refractivity (Wildman–Crippen MR) is 82.4 cm³/mol. The van der Waals surface area contributed by atoms with Crippen molar-refractivity contribution in [1.29, 1.82) is 0 Å². The minimum atomic E-state index is -3.66. The number of sulfonamides is 1. The van der Waals surface area contributed by atoms with E-state index in [9.17, 15) is 8.42 Å². The van der Waals surface area contributed by atoms with E-state index < -0.39 is 10.0 Å². The van der Waals surface area contributed by atoms with Gasteiger partial charge in [0, 0.05) is 0 Å². The number of nitrogens with one attached hydrogen (secondary N) is 1. The molecule has 2 aromatic carbocycles. The molecule has 2 aromatic rings. The van der Waals surface area contributed by atoms with Crippen molar-refractivity contribution < 1.29 is 13.2 Å². The van der Waals surface area contributed by atoms with Gasteiger partial charge in [0.1, 0.15) is 5.75 Å². The van der Waals surface area contributed by atoms with Gasteiger partial charge in [0.25, 0.3) is 10.0 Å². The molecule has 0 spiro atoms. The third kappa shape index (κ3) is 3.96.